The van der Waals surface area contributed by atoms with E-state index in [1.165, 1.54) is 18.2 Å². The minimum Gasteiger partial charge on any atom is -0.409 e. The standard InChI is InChI=1S/C10H13BrClN3O3S/c1-6(4-10(13)14-16)15-19(17,18)7-2-3-9(12)8(11)5-7/h2-3,5-6,15-16H,4H2,1H3,(H2,13,14). The molecule has 0 heterocycles. The molecule has 1 aromatic rings. The lowest BCUT2D eigenvalue weighted by molar-refractivity contribution is 0.316. The summed E-state index contributed by atoms with van der Waals surface area (Å²) in [6.07, 6.45) is 0.102. The van der Waals surface area contributed by atoms with E-state index in [9.17, 15) is 8.42 Å². The van der Waals surface area contributed by atoms with Crippen LogP contribution in [0.25, 0.3) is 0 Å². The van der Waals surface area contributed by atoms with Crippen LogP contribution in [0.3, 0.4) is 0 Å². The number of halogens is 2. The smallest absolute Gasteiger partial charge is 0.240 e. The van der Waals surface area contributed by atoms with E-state index in [-0.39, 0.29) is 17.2 Å². The highest BCUT2D eigenvalue weighted by Crippen LogP contribution is 2.25. The van der Waals surface area contributed by atoms with E-state index in [2.05, 4.69) is 25.8 Å². The molecule has 0 radical (unpaired) electrons. The predicted molar refractivity (Wildman–Crippen MR) is 77.0 cm³/mol. The van der Waals surface area contributed by atoms with Gasteiger partial charge in [-0.05, 0) is 41.1 Å². The van der Waals surface area contributed by atoms with Gasteiger partial charge in [-0.15, -0.1) is 0 Å². The summed E-state index contributed by atoms with van der Waals surface area (Å²) in [6.45, 7) is 1.61. The van der Waals surface area contributed by atoms with Crippen LogP contribution in [-0.4, -0.2) is 25.5 Å². The number of rotatable bonds is 5. The van der Waals surface area contributed by atoms with Gasteiger partial charge in [0.05, 0.1) is 9.92 Å². The Morgan fingerprint density at radius 3 is 2.79 bits per heavy atom. The van der Waals surface area contributed by atoms with E-state index < -0.39 is 16.1 Å². The lowest BCUT2D eigenvalue weighted by Gasteiger charge is -2.13. The molecule has 0 aliphatic carbocycles. The van der Waals surface area contributed by atoms with Crippen LogP contribution in [0.4, 0.5) is 0 Å². The van der Waals surface area contributed by atoms with Crippen molar-refractivity contribution in [1.82, 2.24) is 4.72 Å². The van der Waals surface area contributed by atoms with Gasteiger partial charge in [-0.2, -0.15) is 0 Å². The Morgan fingerprint density at radius 1 is 1.63 bits per heavy atom. The van der Waals surface area contributed by atoms with Gasteiger partial charge in [0.2, 0.25) is 10.0 Å². The summed E-state index contributed by atoms with van der Waals surface area (Å²) in [7, 11) is -3.68. The van der Waals surface area contributed by atoms with Crippen molar-refractivity contribution in [1.29, 1.82) is 0 Å². The van der Waals surface area contributed by atoms with Crippen molar-refractivity contribution in [3.05, 3.63) is 27.7 Å². The molecule has 19 heavy (non-hydrogen) atoms. The van der Waals surface area contributed by atoms with Gasteiger partial charge in [0.1, 0.15) is 5.84 Å². The van der Waals surface area contributed by atoms with E-state index in [4.69, 9.17) is 22.5 Å². The van der Waals surface area contributed by atoms with Gasteiger partial charge in [0.15, 0.2) is 0 Å². The number of sulfonamides is 1. The van der Waals surface area contributed by atoms with Crippen LogP contribution in [0, 0.1) is 0 Å². The van der Waals surface area contributed by atoms with Crippen LogP contribution in [0.2, 0.25) is 5.02 Å². The first-order valence-electron chi connectivity index (χ1n) is 5.20. The average molecular weight is 371 g/mol. The van der Waals surface area contributed by atoms with Crippen LogP contribution >= 0.6 is 27.5 Å². The van der Waals surface area contributed by atoms with Crippen molar-refractivity contribution in [3.8, 4) is 0 Å². The third-order valence-electron chi connectivity index (χ3n) is 2.20. The quantitative estimate of drug-likeness (QED) is 0.319. The Bertz CT molecular complexity index is 592. The van der Waals surface area contributed by atoms with Crippen LogP contribution in [-0.2, 0) is 10.0 Å². The normalized spacial score (nSPS) is 14.4. The van der Waals surface area contributed by atoms with Gasteiger partial charge in [0, 0.05) is 16.9 Å². The average Bonchev–Trinajstić information content (AvgIpc) is 2.31. The molecule has 0 saturated heterocycles. The topological polar surface area (TPSA) is 105 Å². The zero-order valence-electron chi connectivity index (χ0n) is 9.97. The fourth-order valence-electron chi connectivity index (χ4n) is 1.37. The fraction of sp³-hybridized carbons (Fsp3) is 0.300. The molecule has 1 aromatic carbocycles. The maximum atomic E-state index is 12.1. The Hall–Kier alpha value is -0.830. The largest absolute Gasteiger partial charge is 0.409 e. The maximum Gasteiger partial charge on any atom is 0.240 e. The lowest BCUT2D eigenvalue weighted by atomic mass is 10.2. The van der Waals surface area contributed by atoms with E-state index in [0.717, 1.165) is 0 Å². The van der Waals surface area contributed by atoms with Crippen LogP contribution < -0.4 is 10.5 Å². The Labute approximate surface area is 124 Å². The second-order valence-electron chi connectivity index (χ2n) is 3.89. The first-order valence-corrected chi connectivity index (χ1v) is 7.85. The number of nitrogens with one attached hydrogen (secondary N) is 1. The van der Waals surface area contributed by atoms with E-state index in [1.807, 2.05) is 0 Å². The summed E-state index contributed by atoms with van der Waals surface area (Å²) in [4.78, 5) is 0.0788. The van der Waals surface area contributed by atoms with Gasteiger partial charge in [-0.3, -0.25) is 0 Å². The molecule has 0 spiro atoms. The summed E-state index contributed by atoms with van der Waals surface area (Å²) in [5.41, 5.74) is 5.32. The van der Waals surface area contributed by atoms with E-state index in [1.54, 1.807) is 6.92 Å². The van der Waals surface area contributed by atoms with Crippen molar-refractivity contribution in [2.24, 2.45) is 10.9 Å². The first kappa shape index (κ1) is 16.2. The molecule has 0 saturated carbocycles. The molecular formula is C10H13BrClN3O3S. The zero-order chi connectivity index (χ0) is 14.6. The second kappa shape index (κ2) is 6.56. The molecule has 1 unspecified atom stereocenters. The molecule has 4 N–H and O–H groups in total. The van der Waals surface area contributed by atoms with Crippen molar-refractivity contribution in [2.75, 3.05) is 0 Å². The molecule has 0 amide bonds. The first-order chi connectivity index (χ1) is 8.76. The molecule has 106 valence electrons. The highest BCUT2D eigenvalue weighted by Gasteiger charge is 2.19. The second-order valence-corrected chi connectivity index (χ2v) is 6.87. The molecule has 9 heteroatoms. The van der Waals surface area contributed by atoms with Gasteiger partial charge in [0.25, 0.3) is 0 Å². The summed E-state index contributed by atoms with van der Waals surface area (Å²) < 4.78 is 27.0. The van der Waals surface area contributed by atoms with Crippen LogP contribution in [0.1, 0.15) is 13.3 Å². The highest BCUT2D eigenvalue weighted by atomic mass is 79.9. The molecule has 1 atom stereocenters. The van der Waals surface area contributed by atoms with Gasteiger partial charge in [-0.25, -0.2) is 13.1 Å². The minimum atomic E-state index is -3.68. The zero-order valence-corrected chi connectivity index (χ0v) is 13.1. The van der Waals surface area contributed by atoms with E-state index >= 15 is 0 Å². The molecule has 0 fully saturated rings. The number of nitrogens with zero attached hydrogens (tertiary/aromatic N) is 1. The number of oxime groups is 1. The Kier molecular flexibility index (Phi) is 5.60. The number of amidine groups is 1. The van der Waals surface area contributed by atoms with Crippen LogP contribution in [0.5, 0.6) is 0 Å². The minimum absolute atomic E-state index is 0.0486. The number of benzene rings is 1. The molecule has 0 aliphatic rings. The number of hydrogen-bond donors (Lipinski definition) is 3. The maximum absolute atomic E-state index is 12.1. The molecule has 1 rings (SSSR count). The SMILES string of the molecule is CC(C/C(N)=N/O)NS(=O)(=O)c1ccc(Cl)c(Br)c1. The van der Waals surface area contributed by atoms with Crippen molar-refractivity contribution in [2.45, 2.75) is 24.3 Å². The van der Waals surface area contributed by atoms with Gasteiger partial charge < -0.3 is 10.9 Å². The molecular weight excluding hydrogens is 358 g/mol. The predicted octanol–water partition coefficient (Wildman–Crippen LogP) is 1.91. The van der Waals surface area contributed by atoms with Crippen LogP contribution in [0.15, 0.2) is 32.7 Å². The third-order valence-corrected chi connectivity index (χ3v) is 5.00. The van der Waals surface area contributed by atoms with Crippen molar-refractivity contribution >= 4 is 43.4 Å². The fourth-order valence-corrected chi connectivity index (χ4v) is 3.29. The molecule has 0 aromatic heterocycles. The summed E-state index contributed by atoms with van der Waals surface area (Å²) in [6, 6.07) is 3.77. The molecule has 0 aliphatic heterocycles. The third kappa shape index (κ3) is 4.64. The number of nitrogens with two attached hydrogens (primary N) is 1. The Balaban J connectivity index is 2.89. The van der Waals surface area contributed by atoms with Crippen molar-refractivity contribution in [3.63, 3.8) is 0 Å². The summed E-state index contributed by atoms with van der Waals surface area (Å²) in [5, 5.41) is 11.6. The van der Waals surface area contributed by atoms with Crippen molar-refractivity contribution < 1.29 is 13.6 Å². The molecule has 6 nitrogen and oxygen atoms in total. The molecule has 0 bridgehead atoms. The Morgan fingerprint density at radius 2 is 2.26 bits per heavy atom. The van der Waals surface area contributed by atoms with Gasteiger partial charge >= 0.3 is 0 Å². The lowest BCUT2D eigenvalue weighted by Crippen LogP contribution is -2.35. The monoisotopic (exact) mass is 369 g/mol. The van der Waals surface area contributed by atoms with E-state index in [0.29, 0.717) is 9.50 Å². The van der Waals surface area contributed by atoms with Gasteiger partial charge in [-0.1, -0.05) is 16.8 Å². The summed E-state index contributed by atoms with van der Waals surface area (Å²) in [5.74, 6) is -0.0486. The number of hydrogen-bond acceptors (Lipinski definition) is 4. The summed E-state index contributed by atoms with van der Waals surface area (Å²) >= 11 is 8.96. The highest BCUT2D eigenvalue weighted by molar-refractivity contribution is 9.10.